The fraction of sp³-hybridized carbons (Fsp3) is 0.263. The zero-order valence-electron chi connectivity index (χ0n) is 14.1. The largest absolute Gasteiger partial charge is 0.336 e. The van der Waals surface area contributed by atoms with E-state index in [9.17, 15) is 14.4 Å². The minimum atomic E-state index is -0.470. The van der Waals surface area contributed by atoms with Gasteiger partial charge >= 0.3 is 0 Å². The molecular weight excluding hydrogens is 332 g/mol. The molecule has 1 saturated heterocycles. The summed E-state index contributed by atoms with van der Waals surface area (Å²) in [5.41, 5.74) is 4.95. The summed E-state index contributed by atoms with van der Waals surface area (Å²) in [5.74, 6) is -1.07. The van der Waals surface area contributed by atoms with Crippen molar-refractivity contribution in [1.82, 2.24) is 20.3 Å². The molecule has 2 aliphatic heterocycles. The Morgan fingerprint density at radius 1 is 1.15 bits per heavy atom. The van der Waals surface area contributed by atoms with Crippen LogP contribution >= 0.6 is 0 Å². The molecule has 0 radical (unpaired) electrons. The molecule has 2 aliphatic rings. The lowest BCUT2D eigenvalue weighted by Gasteiger charge is -2.20. The molecule has 7 heteroatoms. The van der Waals surface area contributed by atoms with Crippen LogP contribution in [0.4, 0.5) is 0 Å². The van der Waals surface area contributed by atoms with E-state index in [0.29, 0.717) is 25.2 Å². The highest BCUT2D eigenvalue weighted by Crippen LogP contribution is 2.23. The standard InChI is InChI=1S/C19H18N4O3/c24-17-9-14(10-22(17)12-15-6-3-4-8-20-15)18(25)21-23-11-13-5-1-2-7-16(13)19(23)26/h1-8,14H,9-12H2,(H,21,25). The number of hydrogen-bond donors (Lipinski definition) is 1. The lowest BCUT2D eigenvalue weighted by atomic mass is 10.1. The van der Waals surface area contributed by atoms with Gasteiger partial charge in [-0.25, -0.2) is 5.01 Å². The number of benzene rings is 1. The highest BCUT2D eigenvalue weighted by atomic mass is 16.2. The molecule has 0 saturated carbocycles. The maximum Gasteiger partial charge on any atom is 0.272 e. The SMILES string of the molecule is O=C(NN1Cc2ccccc2C1=O)C1CC(=O)N(Cc2ccccn2)C1. The molecule has 1 aromatic heterocycles. The Morgan fingerprint density at radius 3 is 2.73 bits per heavy atom. The van der Waals surface area contributed by atoms with Gasteiger partial charge in [-0.1, -0.05) is 24.3 Å². The number of hydrogen-bond acceptors (Lipinski definition) is 4. The smallest absolute Gasteiger partial charge is 0.272 e. The molecule has 3 heterocycles. The minimum absolute atomic E-state index is 0.0770. The van der Waals surface area contributed by atoms with Gasteiger partial charge in [0.15, 0.2) is 0 Å². The summed E-state index contributed by atoms with van der Waals surface area (Å²) in [6, 6.07) is 12.8. The molecule has 1 unspecified atom stereocenters. The molecule has 7 nitrogen and oxygen atoms in total. The molecule has 4 rings (SSSR count). The number of nitrogens with one attached hydrogen (secondary N) is 1. The van der Waals surface area contributed by atoms with E-state index < -0.39 is 5.92 Å². The number of hydrazine groups is 1. The van der Waals surface area contributed by atoms with Gasteiger partial charge in [0, 0.05) is 24.7 Å². The minimum Gasteiger partial charge on any atom is -0.336 e. The van der Waals surface area contributed by atoms with Crippen LogP contribution in [0.2, 0.25) is 0 Å². The fourth-order valence-corrected chi connectivity index (χ4v) is 3.36. The summed E-state index contributed by atoms with van der Waals surface area (Å²) in [5, 5.41) is 1.32. The zero-order chi connectivity index (χ0) is 18.1. The second kappa shape index (κ2) is 6.59. The van der Waals surface area contributed by atoms with Gasteiger partial charge in [-0.15, -0.1) is 0 Å². The van der Waals surface area contributed by atoms with E-state index in [0.717, 1.165) is 11.3 Å². The molecule has 0 aliphatic carbocycles. The molecular formula is C19H18N4O3. The van der Waals surface area contributed by atoms with E-state index >= 15 is 0 Å². The van der Waals surface area contributed by atoms with Crippen LogP contribution in [0.3, 0.4) is 0 Å². The Morgan fingerprint density at radius 2 is 1.96 bits per heavy atom. The van der Waals surface area contributed by atoms with Gasteiger partial charge in [0.25, 0.3) is 5.91 Å². The number of carbonyl (C=O) groups is 3. The molecule has 0 spiro atoms. The van der Waals surface area contributed by atoms with Crippen molar-refractivity contribution in [3.63, 3.8) is 0 Å². The summed E-state index contributed by atoms with van der Waals surface area (Å²) in [4.78, 5) is 42.9. The first-order chi connectivity index (χ1) is 12.6. The number of fused-ring (bicyclic) bond motifs is 1. The third-order valence-electron chi connectivity index (χ3n) is 4.73. The van der Waals surface area contributed by atoms with Crippen LogP contribution in [-0.2, 0) is 22.7 Å². The molecule has 0 bridgehead atoms. The fourth-order valence-electron chi connectivity index (χ4n) is 3.36. The van der Waals surface area contributed by atoms with Gasteiger partial charge in [-0.2, -0.15) is 0 Å². The van der Waals surface area contributed by atoms with Gasteiger partial charge in [-0.05, 0) is 23.8 Å². The van der Waals surface area contributed by atoms with Crippen LogP contribution in [0.25, 0.3) is 0 Å². The van der Waals surface area contributed by atoms with Crippen molar-refractivity contribution in [3.05, 3.63) is 65.5 Å². The van der Waals surface area contributed by atoms with Gasteiger partial charge in [0.2, 0.25) is 11.8 Å². The highest BCUT2D eigenvalue weighted by Gasteiger charge is 2.36. The molecule has 1 fully saturated rings. The molecule has 1 atom stereocenters. The molecule has 132 valence electrons. The van der Waals surface area contributed by atoms with E-state index in [1.165, 1.54) is 5.01 Å². The number of amides is 3. The summed E-state index contributed by atoms with van der Waals surface area (Å²) in [7, 11) is 0. The average Bonchev–Trinajstić information content (AvgIpc) is 3.17. The van der Waals surface area contributed by atoms with Gasteiger partial charge < -0.3 is 4.90 Å². The quantitative estimate of drug-likeness (QED) is 0.896. The maximum absolute atomic E-state index is 12.5. The number of likely N-dealkylation sites (tertiary alicyclic amines) is 1. The maximum atomic E-state index is 12.5. The Hall–Kier alpha value is -3.22. The monoisotopic (exact) mass is 350 g/mol. The van der Waals surface area contributed by atoms with Crippen molar-refractivity contribution in [3.8, 4) is 0 Å². The average molecular weight is 350 g/mol. The first-order valence-electron chi connectivity index (χ1n) is 8.50. The topological polar surface area (TPSA) is 82.6 Å². The molecule has 26 heavy (non-hydrogen) atoms. The second-order valence-corrected chi connectivity index (χ2v) is 6.52. The van der Waals surface area contributed by atoms with Crippen LogP contribution in [-0.4, -0.2) is 39.2 Å². The van der Waals surface area contributed by atoms with Crippen LogP contribution < -0.4 is 5.43 Å². The first-order valence-corrected chi connectivity index (χ1v) is 8.50. The van der Waals surface area contributed by atoms with Crippen molar-refractivity contribution in [2.24, 2.45) is 5.92 Å². The Balaban J connectivity index is 1.38. The van der Waals surface area contributed by atoms with Crippen LogP contribution in [0, 0.1) is 5.92 Å². The van der Waals surface area contributed by atoms with E-state index in [-0.39, 0.29) is 24.1 Å². The molecule has 2 aromatic rings. The first kappa shape index (κ1) is 16.3. The van der Waals surface area contributed by atoms with E-state index in [4.69, 9.17) is 0 Å². The molecule has 1 N–H and O–H groups in total. The van der Waals surface area contributed by atoms with E-state index in [2.05, 4.69) is 10.4 Å². The van der Waals surface area contributed by atoms with Crippen LogP contribution in [0.15, 0.2) is 48.7 Å². The number of carbonyl (C=O) groups excluding carboxylic acids is 3. The normalized spacial score (nSPS) is 19.0. The Kier molecular flexibility index (Phi) is 4.12. The third-order valence-corrected chi connectivity index (χ3v) is 4.73. The summed E-state index contributed by atoms with van der Waals surface area (Å²) < 4.78 is 0. The zero-order valence-corrected chi connectivity index (χ0v) is 14.1. The van der Waals surface area contributed by atoms with Crippen molar-refractivity contribution in [2.45, 2.75) is 19.5 Å². The Bertz CT molecular complexity index is 868. The summed E-state index contributed by atoms with van der Waals surface area (Å²) in [6.45, 7) is 1.06. The van der Waals surface area contributed by atoms with Crippen LogP contribution in [0.1, 0.15) is 28.0 Å². The van der Waals surface area contributed by atoms with Crippen molar-refractivity contribution in [1.29, 1.82) is 0 Å². The lowest BCUT2D eigenvalue weighted by molar-refractivity contribution is -0.130. The summed E-state index contributed by atoms with van der Waals surface area (Å²) in [6.07, 6.45) is 1.82. The predicted molar refractivity (Wildman–Crippen MR) is 92.2 cm³/mol. The Labute approximate surface area is 150 Å². The summed E-state index contributed by atoms with van der Waals surface area (Å²) >= 11 is 0. The number of rotatable bonds is 4. The lowest BCUT2D eigenvalue weighted by Crippen LogP contribution is -2.45. The van der Waals surface area contributed by atoms with Crippen molar-refractivity contribution in [2.75, 3.05) is 6.54 Å². The number of pyridine rings is 1. The second-order valence-electron chi connectivity index (χ2n) is 6.52. The van der Waals surface area contributed by atoms with Crippen molar-refractivity contribution >= 4 is 17.7 Å². The van der Waals surface area contributed by atoms with E-state index in [1.807, 2.05) is 30.3 Å². The van der Waals surface area contributed by atoms with Gasteiger partial charge in [-0.3, -0.25) is 24.8 Å². The number of nitrogens with zero attached hydrogens (tertiary/aromatic N) is 3. The predicted octanol–water partition coefficient (Wildman–Crippen LogP) is 1.12. The third kappa shape index (κ3) is 3.03. The van der Waals surface area contributed by atoms with E-state index in [1.54, 1.807) is 23.2 Å². The van der Waals surface area contributed by atoms with Gasteiger partial charge in [0.05, 0.1) is 24.7 Å². The highest BCUT2D eigenvalue weighted by molar-refractivity contribution is 5.99. The number of aromatic nitrogens is 1. The van der Waals surface area contributed by atoms with Crippen molar-refractivity contribution < 1.29 is 14.4 Å². The van der Waals surface area contributed by atoms with Crippen LogP contribution in [0.5, 0.6) is 0 Å². The van der Waals surface area contributed by atoms with Gasteiger partial charge in [0.1, 0.15) is 0 Å². The molecule has 3 amide bonds. The molecule has 1 aromatic carbocycles.